The lowest BCUT2D eigenvalue weighted by Crippen LogP contribution is -2.22. The van der Waals surface area contributed by atoms with Crippen LogP contribution in [0.25, 0.3) is 17.0 Å². The van der Waals surface area contributed by atoms with Gasteiger partial charge < -0.3 is 5.32 Å². The van der Waals surface area contributed by atoms with E-state index in [1.165, 1.54) is 10.9 Å². The molecule has 1 aromatic heterocycles. The molecule has 0 saturated heterocycles. The smallest absolute Gasteiger partial charge is 0.0702 e. The molecule has 2 aromatic rings. The molecule has 0 aliphatic carbocycles. The average Bonchev–Trinajstić information content (AvgIpc) is 2.34. The quantitative estimate of drug-likeness (QED) is 0.865. The van der Waals surface area contributed by atoms with Gasteiger partial charge in [-0.1, -0.05) is 38.1 Å². The zero-order valence-corrected chi connectivity index (χ0v) is 10.4. The molecular weight excluding hydrogens is 208 g/mol. The lowest BCUT2D eigenvalue weighted by atomic mass is 10.1. The summed E-state index contributed by atoms with van der Waals surface area (Å²) in [6, 6.07) is 10.9. The number of rotatable bonds is 4. The number of aromatic nitrogens is 1. The minimum absolute atomic E-state index is 0.528. The van der Waals surface area contributed by atoms with Crippen molar-refractivity contribution in [2.24, 2.45) is 0 Å². The van der Waals surface area contributed by atoms with E-state index in [9.17, 15) is 0 Å². The molecule has 88 valence electrons. The molecule has 0 spiro atoms. The van der Waals surface area contributed by atoms with E-state index in [0.717, 1.165) is 12.1 Å². The Balaban J connectivity index is 2.09. The van der Waals surface area contributed by atoms with Gasteiger partial charge in [-0.15, -0.1) is 0 Å². The zero-order chi connectivity index (χ0) is 12.1. The number of hydrogen-bond donors (Lipinski definition) is 1. The Morgan fingerprint density at radius 2 is 2.18 bits per heavy atom. The molecule has 1 N–H and O–H groups in total. The molecule has 0 unspecified atom stereocenters. The Kier molecular flexibility index (Phi) is 3.89. The topological polar surface area (TPSA) is 24.9 Å². The highest BCUT2D eigenvalue weighted by atomic mass is 14.9. The first-order chi connectivity index (χ1) is 8.25. The zero-order valence-electron chi connectivity index (χ0n) is 10.4. The predicted octanol–water partition coefficient (Wildman–Crippen LogP) is 3.25. The first-order valence-electron chi connectivity index (χ1n) is 6.00. The minimum Gasteiger partial charge on any atom is -0.311 e. The van der Waals surface area contributed by atoms with Crippen molar-refractivity contribution in [2.45, 2.75) is 19.9 Å². The van der Waals surface area contributed by atoms with Crippen LogP contribution in [0.15, 0.2) is 42.6 Å². The number of pyridine rings is 1. The predicted molar refractivity (Wildman–Crippen MR) is 73.9 cm³/mol. The molecular formula is C15H18N2. The molecule has 2 nitrogen and oxygen atoms in total. The summed E-state index contributed by atoms with van der Waals surface area (Å²) in [4.78, 5) is 4.31. The minimum atomic E-state index is 0.528. The number of nitrogens with zero attached hydrogens (tertiary/aromatic N) is 1. The summed E-state index contributed by atoms with van der Waals surface area (Å²) < 4.78 is 0. The van der Waals surface area contributed by atoms with Gasteiger partial charge in [0.05, 0.1) is 5.52 Å². The number of nitrogens with one attached hydrogen (secondary N) is 1. The van der Waals surface area contributed by atoms with E-state index in [2.05, 4.69) is 60.6 Å². The fourth-order valence-electron chi connectivity index (χ4n) is 1.70. The highest BCUT2D eigenvalue weighted by Gasteiger charge is 1.93. The van der Waals surface area contributed by atoms with Gasteiger partial charge in [-0.25, -0.2) is 0 Å². The maximum absolute atomic E-state index is 4.31. The average molecular weight is 226 g/mol. The summed E-state index contributed by atoms with van der Waals surface area (Å²) in [5.74, 6) is 0. The fraction of sp³-hybridized carbons (Fsp3) is 0.267. The van der Waals surface area contributed by atoms with Gasteiger partial charge in [0.2, 0.25) is 0 Å². The Labute approximate surface area is 102 Å². The molecule has 0 saturated carbocycles. The third-order valence-corrected chi connectivity index (χ3v) is 2.58. The summed E-state index contributed by atoms with van der Waals surface area (Å²) >= 11 is 0. The molecule has 2 rings (SSSR count). The highest BCUT2D eigenvalue weighted by molar-refractivity contribution is 5.80. The summed E-state index contributed by atoms with van der Waals surface area (Å²) in [5, 5.41) is 4.54. The monoisotopic (exact) mass is 226 g/mol. The van der Waals surface area contributed by atoms with E-state index in [4.69, 9.17) is 0 Å². The largest absolute Gasteiger partial charge is 0.311 e. The molecule has 2 heteroatoms. The van der Waals surface area contributed by atoms with Crippen LogP contribution in [0.3, 0.4) is 0 Å². The Hall–Kier alpha value is -1.67. The number of benzene rings is 1. The second-order valence-corrected chi connectivity index (χ2v) is 4.42. The van der Waals surface area contributed by atoms with Crippen LogP contribution in [0, 0.1) is 0 Å². The van der Waals surface area contributed by atoms with Gasteiger partial charge in [-0.3, -0.25) is 4.98 Å². The van der Waals surface area contributed by atoms with E-state index in [0.29, 0.717) is 6.04 Å². The summed E-state index contributed by atoms with van der Waals surface area (Å²) in [6.45, 7) is 5.20. The molecule has 0 aliphatic heterocycles. The van der Waals surface area contributed by atoms with E-state index in [-0.39, 0.29) is 0 Å². The van der Waals surface area contributed by atoms with Crippen molar-refractivity contribution in [3.8, 4) is 0 Å². The van der Waals surface area contributed by atoms with Crippen molar-refractivity contribution >= 4 is 17.0 Å². The standard InChI is InChI=1S/C15H18N2/c1-12(2)16-9-3-5-13-7-8-15-14(11-13)6-4-10-17-15/h3-8,10-12,16H,9H2,1-2H3. The van der Waals surface area contributed by atoms with Crippen LogP contribution >= 0.6 is 0 Å². The molecule has 17 heavy (non-hydrogen) atoms. The van der Waals surface area contributed by atoms with Crippen LogP contribution in [0.2, 0.25) is 0 Å². The van der Waals surface area contributed by atoms with Crippen LogP contribution in [0.1, 0.15) is 19.4 Å². The van der Waals surface area contributed by atoms with Crippen LogP contribution in [-0.4, -0.2) is 17.6 Å². The highest BCUT2D eigenvalue weighted by Crippen LogP contribution is 2.14. The molecule has 0 radical (unpaired) electrons. The maximum atomic E-state index is 4.31. The second-order valence-electron chi connectivity index (χ2n) is 4.42. The van der Waals surface area contributed by atoms with Crippen molar-refractivity contribution in [1.29, 1.82) is 0 Å². The van der Waals surface area contributed by atoms with Gasteiger partial charge in [0.15, 0.2) is 0 Å². The number of hydrogen-bond acceptors (Lipinski definition) is 2. The van der Waals surface area contributed by atoms with E-state index in [1.807, 2.05) is 12.3 Å². The van der Waals surface area contributed by atoms with Crippen LogP contribution in [0.4, 0.5) is 0 Å². The third-order valence-electron chi connectivity index (χ3n) is 2.58. The Bertz CT molecular complexity index is 515. The van der Waals surface area contributed by atoms with Crippen molar-refractivity contribution < 1.29 is 0 Å². The van der Waals surface area contributed by atoms with E-state index < -0.39 is 0 Å². The SMILES string of the molecule is CC(C)NCC=Cc1ccc2ncccc2c1. The van der Waals surface area contributed by atoms with Crippen LogP contribution < -0.4 is 5.32 Å². The normalized spacial score (nSPS) is 11.7. The Morgan fingerprint density at radius 1 is 1.29 bits per heavy atom. The van der Waals surface area contributed by atoms with Crippen LogP contribution in [0.5, 0.6) is 0 Å². The molecule has 0 atom stereocenters. The van der Waals surface area contributed by atoms with Crippen molar-refractivity contribution in [3.05, 3.63) is 48.2 Å². The lowest BCUT2D eigenvalue weighted by Gasteiger charge is -2.03. The van der Waals surface area contributed by atoms with Crippen molar-refractivity contribution in [2.75, 3.05) is 6.54 Å². The van der Waals surface area contributed by atoms with Gasteiger partial charge >= 0.3 is 0 Å². The first-order valence-corrected chi connectivity index (χ1v) is 6.00. The molecule has 0 bridgehead atoms. The Morgan fingerprint density at radius 3 is 3.00 bits per heavy atom. The van der Waals surface area contributed by atoms with Gasteiger partial charge in [0.1, 0.15) is 0 Å². The third kappa shape index (κ3) is 3.40. The number of fused-ring (bicyclic) bond motifs is 1. The van der Waals surface area contributed by atoms with E-state index in [1.54, 1.807) is 0 Å². The lowest BCUT2D eigenvalue weighted by molar-refractivity contribution is 0.633. The molecule has 1 aromatic carbocycles. The summed E-state index contributed by atoms with van der Waals surface area (Å²) in [5.41, 5.74) is 2.26. The first kappa shape index (κ1) is 11.8. The molecule has 0 amide bonds. The van der Waals surface area contributed by atoms with E-state index >= 15 is 0 Å². The van der Waals surface area contributed by atoms with Gasteiger partial charge in [-0.05, 0) is 23.8 Å². The molecule has 0 aliphatic rings. The van der Waals surface area contributed by atoms with Crippen LogP contribution in [-0.2, 0) is 0 Å². The van der Waals surface area contributed by atoms with Gasteiger partial charge in [0, 0.05) is 24.2 Å². The summed E-state index contributed by atoms with van der Waals surface area (Å²) in [7, 11) is 0. The molecule has 0 fully saturated rings. The maximum Gasteiger partial charge on any atom is 0.0702 e. The molecule has 1 heterocycles. The van der Waals surface area contributed by atoms with Crippen molar-refractivity contribution in [3.63, 3.8) is 0 Å². The van der Waals surface area contributed by atoms with Crippen molar-refractivity contribution in [1.82, 2.24) is 10.3 Å². The van der Waals surface area contributed by atoms with Gasteiger partial charge in [-0.2, -0.15) is 0 Å². The summed E-state index contributed by atoms with van der Waals surface area (Å²) in [6.07, 6.45) is 6.11. The van der Waals surface area contributed by atoms with Gasteiger partial charge in [0.25, 0.3) is 0 Å². The fourth-order valence-corrected chi connectivity index (χ4v) is 1.70. The second kappa shape index (κ2) is 5.60.